The molecule has 4 nitrogen and oxygen atoms in total. The molecule has 2 unspecified atom stereocenters. The third kappa shape index (κ3) is 3.75. The van der Waals surface area contributed by atoms with Gasteiger partial charge in [-0.05, 0) is 37.3 Å². The van der Waals surface area contributed by atoms with Gasteiger partial charge in [-0.1, -0.05) is 6.07 Å². The Hall–Kier alpha value is -0.970. The van der Waals surface area contributed by atoms with E-state index < -0.39 is 0 Å². The van der Waals surface area contributed by atoms with Gasteiger partial charge in [-0.2, -0.15) is 0 Å². The maximum absolute atomic E-state index is 6.03. The van der Waals surface area contributed by atoms with Gasteiger partial charge in [0.25, 0.3) is 0 Å². The normalized spacial score (nSPS) is 18.5. The van der Waals surface area contributed by atoms with E-state index in [4.69, 9.17) is 10.5 Å². The van der Waals surface area contributed by atoms with Gasteiger partial charge in [-0.3, -0.25) is 9.88 Å². The average Bonchev–Trinajstić information content (AvgIpc) is 3.28. The molecule has 1 aliphatic rings. The third-order valence-corrected chi connectivity index (χ3v) is 4.07. The molecule has 0 saturated heterocycles. The van der Waals surface area contributed by atoms with Crippen LogP contribution in [0.25, 0.3) is 0 Å². The van der Waals surface area contributed by atoms with Gasteiger partial charge in [0.15, 0.2) is 0 Å². The number of nitrogens with two attached hydrogens (primary N) is 1. The predicted octanol–water partition coefficient (Wildman–Crippen LogP) is 1.83. The van der Waals surface area contributed by atoms with Crippen LogP contribution in [0.15, 0.2) is 24.5 Å². The molecule has 1 aliphatic carbocycles. The first-order chi connectivity index (χ1) is 9.27. The van der Waals surface area contributed by atoms with Crippen LogP contribution in [-0.2, 0) is 4.74 Å². The van der Waals surface area contributed by atoms with Crippen LogP contribution in [0.3, 0.4) is 0 Å². The highest BCUT2D eigenvalue weighted by Crippen LogP contribution is 2.37. The summed E-state index contributed by atoms with van der Waals surface area (Å²) < 4.78 is 5.26. The summed E-state index contributed by atoms with van der Waals surface area (Å²) >= 11 is 0. The van der Waals surface area contributed by atoms with Crippen molar-refractivity contribution in [3.63, 3.8) is 0 Å². The standard InChI is InChI=1S/C15H25N3O/c1-12(13-5-6-13)18(8-9-19-2)15(10-16)14-4-3-7-17-11-14/h3-4,7,11-13,15H,5-6,8-10,16H2,1-2H3. The highest BCUT2D eigenvalue weighted by molar-refractivity contribution is 5.15. The number of ether oxygens (including phenoxy) is 1. The van der Waals surface area contributed by atoms with Crippen LogP contribution < -0.4 is 5.73 Å². The molecule has 1 fully saturated rings. The molecule has 0 spiro atoms. The van der Waals surface area contributed by atoms with Crippen LogP contribution in [0, 0.1) is 5.92 Å². The van der Waals surface area contributed by atoms with E-state index in [1.165, 1.54) is 18.4 Å². The van der Waals surface area contributed by atoms with E-state index >= 15 is 0 Å². The number of hydrogen-bond donors (Lipinski definition) is 1. The molecule has 0 amide bonds. The summed E-state index contributed by atoms with van der Waals surface area (Å²) in [6.45, 7) is 4.59. The first-order valence-corrected chi connectivity index (χ1v) is 7.12. The second-order valence-corrected chi connectivity index (χ2v) is 5.35. The molecule has 4 heteroatoms. The lowest BCUT2D eigenvalue weighted by atomic mass is 10.0. The van der Waals surface area contributed by atoms with Crippen LogP contribution in [0.1, 0.15) is 31.4 Å². The molecule has 0 bridgehead atoms. The van der Waals surface area contributed by atoms with Gasteiger partial charge in [0, 0.05) is 44.7 Å². The third-order valence-electron chi connectivity index (χ3n) is 4.07. The molecule has 2 N–H and O–H groups in total. The van der Waals surface area contributed by atoms with E-state index in [1.54, 1.807) is 13.3 Å². The number of nitrogens with zero attached hydrogens (tertiary/aromatic N) is 2. The number of rotatable bonds is 8. The summed E-state index contributed by atoms with van der Waals surface area (Å²) in [7, 11) is 1.75. The first-order valence-electron chi connectivity index (χ1n) is 7.12. The summed E-state index contributed by atoms with van der Waals surface area (Å²) in [5, 5.41) is 0. The van der Waals surface area contributed by atoms with Crippen molar-refractivity contribution < 1.29 is 4.74 Å². The topological polar surface area (TPSA) is 51.4 Å². The monoisotopic (exact) mass is 263 g/mol. The van der Waals surface area contributed by atoms with Crippen LogP contribution in [-0.4, -0.2) is 42.7 Å². The largest absolute Gasteiger partial charge is 0.383 e. The van der Waals surface area contributed by atoms with Crippen molar-refractivity contribution in [1.82, 2.24) is 9.88 Å². The summed E-state index contributed by atoms with van der Waals surface area (Å²) in [5.41, 5.74) is 7.23. The van der Waals surface area contributed by atoms with Gasteiger partial charge in [0.2, 0.25) is 0 Å². The van der Waals surface area contributed by atoms with E-state index in [1.807, 2.05) is 12.3 Å². The maximum Gasteiger partial charge on any atom is 0.0590 e. The number of pyridine rings is 1. The Bertz CT molecular complexity index is 367. The van der Waals surface area contributed by atoms with Gasteiger partial charge in [0.1, 0.15) is 0 Å². The zero-order valence-corrected chi connectivity index (χ0v) is 12.0. The first kappa shape index (κ1) is 14.4. The minimum atomic E-state index is 0.236. The van der Waals surface area contributed by atoms with Gasteiger partial charge < -0.3 is 10.5 Å². The summed E-state index contributed by atoms with van der Waals surface area (Å²) in [6, 6.07) is 4.89. The highest BCUT2D eigenvalue weighted by Gasteiger charge is 2.35. The molecule has 106 valence electrons. The molecule has 0 aromatic carbocycles. The number of hydrogen-bond acceptors (Lipinski definition) is 4. The Balaban J connectivity index is 2.13. The van der Waals surface area contributed by atoms with Crippen molar-refractivity contribution in [2.24, 2.45) is 11.7 Å². The quantitative estimate of drug-likeness (QED) is 0.777. The van der Waals surface area contributed by atoms with Gasteiger partial charge in [-0.15, -0.1) is 0 Å². The van der Waals surface area contributed by atoms with Crippen molar-refractivity contribution >= 4 is 0 Å². The van der Waals surface area contributed by atoms with Gasteiger partial charge in [-0.25, -0.2) is 0 Å². The minimum absolute atomic E-state index is 0.236. The molecule has 19 heavy (non-hydrogen) atoms. The highest BCUT2D eigenvalue weighted by atomic mass is 16.5. The molecule has 0 aliphatic heterocycles. The summed E-state index contributed by atoms with van der Waals surface area (Å²) in [5.74, 6) is 0.822. The zero-order valence-electron chi connectivity index (χ0n) is 12.0. The smallest absolute Gasteiger partial charge is 0.0590 e. The molecule has 1 heterocycles. The Kier molecular flexibility index (Phi) is 5.31. The van der Waals surface area contributed by atoms with E-state index in [0.29, 0.717) is 12.6 Å². The Labute approximate surface area is 116 Å². The molecule has 1 saturated carbocycles. The van der Waals surface area contributed by atoms with Gasteiger partial charge in [0.05, 0.1) is 6.61 Å². The van der Waals surface area contributed by atoms with Crippen molar-refractivity contribution in [3.8, 4) is 0 Å². The lowest BCUT2D eigenvalue weighted by Crippen LogP contribution is -2.43. The van der Waals surface area contributed by atoms with E-state index in [9.17, 15) is 0 Å². The van der Waals surface area contributed by atoms with E-state index in [-0.39, 0.29) is 6.04 Å². The van der Waals surface area contributed by atoms with Crippen LogP contribution in [0.4, 0.5) is 0 Å². The Morgan fingerprint density at radius 3 is 2.84 bits per heavy atom. The minimum Gasteiger partial charge on any atom is -0.383 e. The second-order valence-electron chi connectivity index (χ2n) is 5.35. The van der Waals surface area contributed by atoms with Crippen molar-refractivity contribution in [2.45, 2.75) is 31.8 Å². The molecule has 2 atom stereocenters. The zero-order chi connectivity index (χ0) is 13.7. The lowest BCUT2D eigenvalue weighted by molar-refractivity contribution is 0.0833. The SMILES string of the molecule is COCCN(C(CN)c1cccnc1)C(C)C1CC1. The summed E-state index contributed by atoms with van der Waals surface area (Å²) in [6.07, 6.45) is 6.42. The number of methoxy groups -OCH3 is 1. The second kappa shape index (κ2) is 6.98. The number of aromatic nitrogens is 1. The fourth-order valence-electron chi connectivity index (χ4n) is 2.73. The van der Waals surface area contributed by atoms with Crippen LogP contribution >= 0.6 is 0 Å². The molecular weight excluding hydrogens is 238 g/mol. The van der Waals surface area contributed by atoms with Crippen molar-refractivity contribution in [3.05, 3.63) is 30.1 Å². The van der Waals surface area contributed by atoms with Crippen LogP contribution in [0.2, 0.25) is 0 Å². The molecule has 1 aromatic rings. The fraction of sp³-hybridized carbons (Fsp3) is 0.667. The maximum atomic E-state index is 6.03. The van der Waals surface area contributed by atoms with Gasteiger partial charge >= 0.3 is 0 Å². The van der Waals surface area contributed by atoms with E-state index in [0.717, 1.165) is 19.1 Å². The Morgan fingerprint density at radius 2 is 2.32 bits per heavy atom. The predicted molar refractivity (Wildman–Crippen MR) is 76.8 cm³/mol. The van der Waals surface area contributed by atoms with Crippen molar-refractivity contribution in [2.75, 3.05) is 26.8 Å². The summed E-state index contributed by atoms with van der Waals surface area (Å²) in [4.78, 5) is 6.71. The lowest BCUT2D eigenvalue weighted by Gasteiger charge is -2.36. The van der Waals surface area contributed by atoms with Crippen molar-refractivity contribution in [1.29, 1.82) is 0 Å². The van der Waals surface area contributed by atoms with Crippen LogP contribution in [0.5, 0.6) is 0 Å². The molecule has 2 rings (SSSR count). The van der Waals surface area contributed by atoms with E-state index in [2.05, 4.69) is 22.9 Å². The fourth-order valence-corrected chi connectivity index (χ4v) is 2.73. The Morgan fingerprint density at radius 1 is 1.53 bits per heavy atom. The average molecular weight is 263 g/mol. The molecule has 0 radical (unpaired) electrons. The molecule has 1 aromatic heterocycles. The molecular formula is C15H25N3O.